The molecule has 0 heterocycles. The summed E-state index contributed by atoms with van der Waals surface area (Å²) in [5.74, 6) is -0.828. The molecule has 0 fully saturated rings. The van der Waals surface area contributed by atoms with E-state index in [1.165, 1.54) is 12.1 Å². The number of hydrogen-bond donors (Lipinski definition) is 0. The highest BCUT2D eigenvalue weighted by atomic mass is 32.2. The lowest BCUT2D eigenvalue weighted by atomic mass is 10.2. The van der Waals surface area contributed by atoms with Gasteiger partial charge in [-0.15, -0.1) is 0 Å². The number of rotatable bonds is 3. The third-order valence-electron chi connectivity index (χ3n) is 1.55. The number of hydrogen-bond acceptors (Lipinski definition) is 5. The maximum absolute atomic E-state index is 11.3. The van der Waals surface area contributed by atoms with Crippen LogP contribution in [0.3, 0.4) is 0 Å². The first-order valence-corrected chi connectivity index (χ1v) is 5.51. The predicted molar refractivity (Wildman–Crippen MR) is 51.2 cm³/mol. The Kier molecular flexibility index (Phi) is 3.43. The summed E-state index contributed by atoms with van der Waals surface area (Å²) in [5, 5.41) is 0. The SMILES string of the molecule is CC(=O)OOS(=O)(=O)c1ccc(C)cc1. The lowest BCUT2D eigenvalue weighted by Gasteiger charge is -2.02. The van der Waals surface area contributed by atoms with E-state index in [2.05, 4.69) is 9.22 Å². The molecule has 0 bridgehead atoms. The van der Waals surface area contributed by atoms with Crippen molar-refractivity contribution in [3.63, 3.8) is 0 Å². The third kappa shape index (κ3) is 3.34. The Bertz CT molecular complexity index is 446. The molecule has 1 rings (SSSR count). The first kappa shape index (κ1) is 11.7. The van der Waals surface area contributed by atoms with Gasteiger partial charge in [-0.05, 0) is 23.4 Å². The first-order chi connectivity index (χ1) is 6.92. The fourth-order valence-electron chi connectivity index (χ4n) is 0.837. The maximum atomic E-state index is 11.3. The molecule has 0 atom stereocenters. The minimum atomic E-state index is -4.02. The van der Waals surface area contributed by atoms with Crippen LogP contribution in [0.5, 0.6) is 0 Å². The van der Waals surface area contributed by atoms with Gasteiger partial charge in [0.1, 0.15) is 0 Å². The van der Waals surface area contributed by atoms with Crippen LogP contribution in [0.2, 0.25) is 0 Å². The molecule has 0 amide bonds. The fraction of sp³-hybridized carbons (Fsp3) is 0.222. The largest absolute Gasteiger partial charge is 0.340 e. The number of aryl methyl sites for hydroxylation is 1. The molecule has 0 unspecified atom stereocenters. The van der Waals surface area contributed by atoms with Crippen molar-refractivity contribution in [1.82, 2.24) is 0 Å². The topological polar surface area (TPSA) is 69.7 Å². The summed E-state index contributed by atoms with van der Waals surface area (Å²) in [5.41, 5.74) is 0.918. The Morgan fingerprint density at radius 3 is 2.20 bits per heavy atom. The van der Waals surface area contributed by atoms with Crippen LogP contribution in [0, 0.1) is 6.92 Å². The van der Waals surface area contributed by atoms with Crippen molar-refractivity contribution < 1.29 is 22.4 Å². The molecule has 0 N–H and O–H groups in total. The van der Waals surface area contributed by atoms with E-state index >= 15 is 0 Å². The average Bonchev–Trinajstić information content (AvgIpc) is 2.16. The molecular formula is C9H10O5S. The second-order valence-electron chi connectivity index (χ2n) is 2.91. The highest BCUT2D eigenvalue weighted by Gasteiger charge is 2.17. The molecule has 0 saturated carbocycles. The summed E-state index contributed by atoms with van der Waals surface area (Å²) in [7, 11) is -4.02. The van der Waals surface area contributed by atoms with E-state index in [0.717, 1.165) is 12.5 Å². The molecule has 15 heavy (non-hydrogen) atoms. The van der Waals surface area contributed by atoms with Crippen molar-refractivity contribution in [2.24, 2.45) is 0 Å². The van der Waals surface area contributed by atoms with Crippen LogP contribution in [0.25, 0.3) is 0 Å². The standard InChI is InChI=1S/C9H10O5S/c1-7-3-5-9(6-4-7)15(11,12)14-13-8(2)10/h3-6H,1-2H3. The molecule has 1 aromatic carbocycles. The second kappa shape index (κ2) is 4.41. The van der Waals surface area contributed by atoms with Crippen LogP contribution < -0.4 is 0 Å². The van der Waals surface area contributed by atoms with E-state index in [-0.39, 0.29) is 4.90 Å². The van der Waals surface area contributed by atoms with Gasteiger partial charge < -0.3 is 0 Å². The third-order valence-corrected chi connectivity index (χ3v) is 2.65. The van der Waals surface area contributed by atoms with Gasteiger partial charge >= 0.3 is 16.1 Å². The lowest BCUT2D eigenvalue weighted by molar-refractivity contribution is -0.208. The molecule has 0 aliphatic rings. The van der Waals surface area contributed by atoms with Crippen LogP contribution in [0.15, 0.2) is 29.2 Å². The monoisotopic (exact) mass is 230 g/mol. The van der Waals surface area contributed by atoms with Gasteiger partial charge in [-0.2, -0.15) is 8.42 Å². The summed E-state index contributed by atoms with van der Waals surface area (Å²) in [6, 6.07) is 5.97. The van der Waals surface area contributed by atoms with Crippen LogP contribution >= 0.6 is 0 Å². The zero-order chi connectivity index (χ0) is 11.5. The van der Waals surface area contributed by atoms with Crippen molar-refractivity contribution >= 4 is 16.1 Å². The molecule has 82 valence electrons. The zero-order valence-electron chi connectivity index (χ0n) is 8.26. The number of carbonyl (C=O) groups excluding carboxylic acids is 1. The average molecular weight is 230 g/mol. The van der Waals surface area contributed by atoms with Gasteiger partial charge in [0.25, 0.3) is 0 Å². The van der Waals surface area contributed by atoms with E-state index < -0.39 is 16.1 Å². The minimum absolute atomic E-state index is 0.0608. The molecule has 5 nitrogen and oxygen atoms in total. The Hall–Kier alpha value is -1.40. The van der Waals surface area contributed by atoms with E-state index in [1.807, 2.05) is 6.92 Å². The van der Waals surface area contributed by atoms with E-state index in [1.54, 1.807) is 12.1 Å². The second-order valence-corrected chi connectivity index (χ2v) is 4.43. The van der Waals surface area contributed by atoms with Gasteiger partial charge in [0.15, 0.2) is 0 Å². The highest BCUT2D eigenvalue weighted by molar-refractivity contribution is 7.86. The first-order valence-electron chi connectivity index (χ1n) is 4.10. The predicted octanol–water partition coefficient (Wildman–Crippen LogP) is 1.18. The summed E-state index contributed by atoms with van der Waals surface area (Å²) in [6.45, 7) is 2.87. The Morgan fingerprint density at radius 1 is 1.20 bits per heavy atom. The van der Waals surface area contributed by atoms with Crippen molar-refractivity contribution in [1.29, 1.82) is 0 Å². The van der Waals surface area contributed by atoms with Crippen molar-refractivity contribution in [3.8, 4) is 0 Å². The molecule has 0 aliphatic carbocycles. The van der Waals surface area contributed by atoms with Gasteiger partial charge in [-0.3, -0.25) is 4.89 Å². The summed E-state index contributed by atoms with van der Waals surface area (Å²) >= 11 is 0. The molecule has 0 spiro atoms. The van der Waals surface area contributed by atoms with Crippen molar-refractivity contribution in [2.45, 2.75) is 18.7 Å². The smallest absolute Gasteiger partial charge is 0.282 e. The van der Waals surface area contributed by atoms with Crippen molar-refractivity contribution in [2.75, 3.05) is 0 Å². The van der Waals surface area contributed by atoms with Gasteiger partial charge in [0, 0.05) is 6.92 Å². The van der Waals surface area contributed by atoms with Crippen LogP contribution in [0.4, 0.5) is 0 Å². The van der Waals surface area contributed by atoms with E-state index in [0.29, 0.717) is 0 Å². The Morgan fingerprint density at radius 2 is 1.73 bits per heavy atom. The zero-order valence-corrected chi connectivity index (χ0v) is 9.08. The normalized spacial score (nSPS) is 11.1. The van der Waals surface area contributed by atoms with Gasteiger partial charge in [0.2, 0.25) is 0 Å². The molecule has 0 radical (unpaired) electrons. The van der Waals surface area contributed by atoms with Gasteiger partial charge in [0.05, 0.1) is 4.90 Å². The number of benzene rings is 1. The summed E-state index contributed by atoms with van der Waals surface area (Å²) in [4.78, 5) is 14.3. The Labute approximate surface area is 87.7 Å². The summed E-state index contributed by atoms with van der Waals surface area (Å²) < 4.78 is 26.7. The van der Waals surface area contributed by atoms with Crippen molar-refractivity contribution in [3.05, 3.63) is 29.8 Å². The lowest BCUT2D eigenvalue weighted by Crippen LogP contribution is -2.09. The molecule has 6 heteroatoms. The van der Waals surface area contributed by atoms with E-state index in [9.17, 15) is 13.2 Å². The Balaban J connectivity index is 2.87. The quantitative estimate of drug-likeness (QED) is 0.576. The molecule has 1 aromatic rings. The van der Waals surface area contributed by atoms with Gasteiger partial charge in [-0.25, -0.2) is 4.79 Å². The summed E-state index contributed by atoms with van der Waals surface area (Å²) in [6.07, 6.45) is 0. The van der Waals surface area contributed by atoms with Gasteiger partial charge in [-0.1, -0.05) is 17.7 Å². The van der Waals surface area contributed by atoms with Crippen LogP contribution in [-0.4, -0.2) is 14.4 Å². The van der Waals surface area contributed by atoms with Crippen LogP contribution in [-0.2, 0) is 24.1 Å². The molecule has 0 aromatic heterocycles. The highest BCUT2D eigenvalue weighted by Crippen LogP contribution is 2.13. The molecule has 0 aliphatic heterocycles. The fourth-order valence-corrected chi connectivity index (χ4v) is 1.57. The van der Waals surface area contributed by atoms with E-state index in [4.69, 9.17) is 0 Å². The maximum Gasteiger partial charge on any atom is 0.340 e. The minimum Gasteiger partial charge on any atom is -0.282 e. The molecule has 0 saturated heterocycles. The number of carbonyl (C=O) groups is 1. The van der Waals surface area contributed by atoms with Crippen LogP contribution in [0.1, 0.15) is 12.5 Å². The molecular weight excluding hydrogens is 220 g/mol.